The third kappa shape index (κ3) is 4.20. The zero-order valence-corrected chi connectivity index (χ0v) is 16.3. The summed E-state index contributed by atoms with van der Waals surface area (Å²) < 4.78 is 28.6. The van der Waals surface area contributed by atoms with Crippen LogP contribution in [0.15, 0.2) is 37.4 Å². The molecular formula is C12H11Br2ClN2O2S2. The smallest absolute Gasteiger partial charge is 0.263 e. The molecule has 114 valence electrons. The van der Waals surface area contributed by atoms with Crippen molar-refractivity contribution >= 4 is 70.5 Å². The van der Waals surface area contributed by atoms with Gasteiger partial charge in [0.2, 0.25) is 0 Å². The molecule has 0 spiro atoms. The molecule has 1 aromatic carbocycles. The molecule has 0 atom stereocenters. The molecule has 1 aromatic heterocycles. The minimum absolute atomic E-state index is 0.222. The summed E-state index contributed by atoms with van der Waals surface area (Å²) in [6.45, 7) is 0.615. The molecule has 2 rings (SSSR count). The molecule has 1 heterocycles. The van der Waals surface area contributed by atoms with Gasteiger partial charge < -0.3 is 5.32 Å². The van der Waals surface area contributed by atoms with E-state index >= 15 is 0 Å². The van der Waals surface area contributed by atoms with Gasteiger partial charge in [0.25, 0.3) is 10.0 Å². The molecule has 0 aliphatic heterocycles. The lowest BCUT2D eigenvalue weighted by atomic mass is 10.3. The molecule has 21 heavy (non-hydrogen) atoms. The Bertz CT molecular complexity index is 763. The number of thiophene rings is 1. The Labute approximate surface area is 149 Å². The predicted molar refractivity (Wildman–Crippen MR) is 94.7 cm³/mol. The minimum Gasteiger partial charge on any atom is -0.315 e. The monoisotopic (exact) mass is 472 g/mol. The number of nitrogens with one attached hydrogen (secondary N) is 2. The average molecular weight is 475 g/mol. The first-order valence-corrected chi connectivity index (χ1v) is 10.0. The molecule has 0 saturated heterocycles. The number of anilines is 1. The van der Waals surface area contributed by atoms with Crippen LogP contribution in [0.4, 0.5) is 5.69 Å². The molecule has 0 radical (unpaired) electrons. The lowest BCUT2D eigenvalue weighted by Gasteiger charge is -2.09. The first-order chi connectivity index (χ1) is 9.83. The Balaban J connectivity index is 2.34. The van der Waals surface area contributed by atoms with Crippen molar-refractivity contribution in [2.75, 3.05) is 11.8 Å². The third-order valence-electron chi connectivity index (χ3n) is 2.52. The fourth-order valence-electron chi connectivity index (χ4n) is 1.61. The number of hydrogen-bond donors (Lipinski definition) is 2. The van der Waals surface area contributed by atoms with Crippen molar-refractivity contribution < 1.29 is 8.42 Å². The van der Waals surface area contributed by atoms with E-state index in [9.17, 15) is 8.42 Å². The molecule has 0 saturated carbocycles. The van der Waals surface area contributed by atoms with Crippen LogP contribution in [0.1, 0.15) is 4.88 Å². The van der Waals surface area contributed by atoms with Gasteiger partial charge in [-0.2, -0.15) is 0 Å². The van der Waals surface area contributed by atoms with Crippen LogP contribution >= 0.6 is 54.8 Å². The highest BCUT2D eigenvalue weighted by atomic mass is 79.9. The summed E-state index contributed by atoms with van der Waals surface area (Å²) >= 11 is 13.8. The maximum absolute atomic E-state index is 12.5. The Hall–Kier alpha value is -0.120. The molecule has 0 bridgehead atoms. The van der Waals surface area contributed by atoms with Gasteiger partial charge in [-0.25, -0.2) is 8.42 Å². The van der Waals surface area contributed by atoms with Crippen LogP contribution in [0.3, 0.4) is 0 Å². The number of rotatable bonds is 5. The molecule has 2 N–H and O–H groups in total. The highest BCUT2D eigenvalue weighted by molar-refractivity contribution is 9.11. The van der Waals surface area contributed by atoms with Crippen molar-refractivity contribution in [1.29, 1.82) is 0 Å². The standard InChI is InChI=1S/C12H11Br2ClN2O2S2/c1-16-6-8-5-11(12(14)20-8)21(18,19)17-10-3-2-7(15)4-9(10)13/h2-5,16-17H,6H2,1H3. The topological polar surface area (TPSA) is 58.2 Å². The Morgan fingerprint density at radius 3 is 2.62 bits per heavy atom. The van der Waals surface area contributed by atoms with Crippen LogP contribution in [0.5, 0.6) is 0 Å². The first-order valence-electron chi connectivity index (χ1n) is 5.74. The summed E-state index contributed by atoms with van der Waals surface area (Å²) in [5.41, 5.74) is 0.438. The van der Waals surface area contributed by atoms with Gasteiger partial charge in [-0.1, -0.05) is 11.6 Å². The molecule has 0 aliphatic rings. The van der Waals surface area contributed by atoms with Crippen LogP contribution in [0.25, 0.3) is 0 Å². The van der Waals surface area contributed by atoms with E-state index in [1.165, 1.54) is 11.3 Å². The van der Waals surface area contributed by atoms with Crippen molar-refractivity contribution in [3.05, 3.63) is 42.4 Å². The highest BCUT2D eigenvalue weighted by Gasteiger charge is 2.21. The summed E-state index contributed by atoms with van der Waals surface area (Å²) in [6, 6.07) is 6.52. The Kier molecular flexibility index (Phi) is 5.72. The summed E-state index contributed by atoms with van der Waals surface area (Å²) in [4.78, 5) is 1.15. The molecule has 0 amide bonds. The molecular weight excluding hydrogens is 464 g/mol. The minimum atomic E-state index is -3.66. The molecule has 4 nitrogen and oxygen atoms in total. The average Bonchev–Trinajstić information content (AvgIpc) is 2.75. The second kappa shape index (κ2) is 6.97. The lowest BCUT2D eigenvalue weighted by molar-refractivity contribution is 0.601. The van der Waals surface area contributed by atoms with Gasteiger partial charge in [0.15, 0.2) is 0 Å². The van der Waals surface area contributed by atoms with Crippen molar-refractivity contribution in [3.63, 3.8) is 0 Å². The van der Waals surface area contributed by atoms with Crippen molar-refractivity contribution in [2.24, 2.45) is 0 Å². The number of hydrogen-bond acceptors (Lipinski definition) is 4. The summed E-state index contributed by atoms with van der Waals surface area (Å²) in [6.07, 6.45) is 0. The number of benzene rings is 1. The first kappa shape index (κ1) is 17.2. The molecule has 0 fully saturated rings. The molecule has 9 heteroatoms. The van der Waals surface area contributed by atoms with Crippen LogP contribution in [-0.2, 0) is 16.6 Å². The SMILES string of the molecule is CNCc1cc(S(=O)(=O)Nc2ccc(Cl)cc2Br)c(Br)s1. The van der Waals surface area contributed by atoms with E-state index in [-0.39, 0.29) is 4.90 Å². The fraction of sp³-hybridized carbons (Fsp3) is 0.167. The molecule has 2 aromatic rings. The van der Waals surface area contributed by atoms with Crippen LogP contribution in [0, 0.1) is 0 Å². The second-order valence-electron chi connectivity index (χ2n) is 4.11. The summed E-state index contributed by atoms with van der Waals surface area (Å²) in [5, 5.41) is 3.52. The number of sulfonamides is 1. The van der Waals surface area contributed by atoms with E-state index in [0.29, 0.717) is 25.5 Å². The van der Waals surface area contributed by atoms with E-state index in [2.05, 4.69) is 41.9 Å². The fourth-order valence-corrected chi connectivity index (χ4v) is 6.30. The summed E-state index contributed by atoms with van der Waals surface area (Å²) in [7, 11) is -1.85. The van der Waals surface area contributed by atoms with Crippen LogP contribution < -0.4 is 10.0 Å². The second-order valence-corrected chi connectivity index (χ2v) is 9.51. The van der Waals surface area contributed by atoms with E-state index in [0.717, 1.165) is 4.88 Å². The zero-order valence-electron chi connectivity index (χ0n) is 10.8. The van der Waals surface area contributed by atoms with Gasteiger partial charge in [0, 0.05) is 20.9 Å². The van der Waals surface area contributed by atoms with Gasteiger partial charge in [-0.3, -0.25) is 4.72 Å². The van der Waals surface area contributed by atoms with Crippen molar-refractivity contribution in [1.82, 2.24) is 5.32 Å². The van der Waals surface area contributed by atoms with Gasteiger partial charge in [-0.05, 0) is 63.2 Å². The summed E-state index contributed by atoms with van der Waals surface area (Å²) in [5.74, 6) is 0. The normalized spacial score (nSPS) is 11.6. The third-order valence-corrected chi connectivity index (χ3v) is 7.03. The quantitative estimate of drug-likeness (QED) is 0.673. The Morgan fingerprint density at radius 2 is 2.00 bits per heavy atom. The zero-order chi connectivity index (χ0) is 15.6. The van der Waals surface area contributed by atoms with Crippen LogP contribution in [0.2, 0.25) is 5.02 Å². The van der Waals surface area contributed by atoms with Gasteiger partial charge >= 0.3 is 0 Å². The highest BCUT2D eigenvalue weighted by Crippen LogP contribution is 2.34. The van der Waals surface area contributed by atoms with E-state index in [1.807, 2.05) is 7.05 Å². The van der Waals surface area contributed by atoms with Crippen molar-refractivity contribution in [2.45, 2.75) is 11.4 Å². The maximum atomic E-state index is 12.5. The van der Waals surface area contributed by atoms with Gasteiger partial charge in [-0.15, -0.1) is 11.3 Å². The lowest BCUT2D eigenvalue weighted by Crippen LogP contribution is -2.13. The predicted octanol–water partition coefficient (Wildman–Crippen LogP) is 4.45. The van der Waals surface area contributed by atoms with Gasteiger partial charge in [0.05, 0.1) is 9.47 Å². The van der Waals surface area contributed by atoms with Crippen LogP contribution in [-0.4, -0.2) is 15.5 Å². The number of halogens is 3. The maximum Gasteiger partial charge on any atom is 0.263 e. The Morgan fingerprint density at radius 1 is 1.29 bits per heavy atom. The molecule has 0 unspecified atom stereocenters. The van der Waals surface area contributed by atoms with E-state index in [4.69, 9.17) is 11.6 Å². The largest absolute Gasteiger partial charge is 0.315 e. The molecule has 0 aliphatic carbocycles. The van der Waals surface area contributed by atoms with E-state index < -0.39 is 10.0 Å². The van der Waals surface area contributed by atoms with Crippen molar-refractivity contribution in [3.8, 4) is 0 Å². The van der Waals surface area contributed by atoms with Gasteiger partial charge in [0.1, 0.15) is 4.90 Å². The van der Waals surface area contributed by atoms with E-state index in [1.54, 1.807) is 24.3 Å².